The maximum Gasteiger partial charge on any atom is 0.113 e. The van der Waals surface area contributed by atoms with Crippen molar-refractivity contribution in [2.45, 2.75) is 76.6 Å². The summed E-state index contributed by atoms with van der Waals surface area (Å²) in [6.45, 7) is 8.06. The molecule has 6 rings (SSSR count). The van der Waals surface area contributed by atoms with Gasteiger partial charge in [0, 0.05) is 18.9 Å². The number of aliphatic hydroxyl groups is 1. The first kappa shape index (κ1) is 15.7. The van der Waals surface area contributed by atoms with Crippen molar-refractivity contribution in [2.24, 2.45) is 34.0 Å². The quantitative estimate of drug-likeness (QED) is 0.737. The molecule has 1 aliphatic heterocycles. The summed E-state index contributed by atoms with van der Waals surface area (Å²) < 4.78 is 12.6. The second kappa shape index (κ2) is 4.05. The summed E-state index contributed by atoms with van der Waals surface area (Å²) in [5.41, 5.74) is 1.97. The minimum absolute atomic E-state index is 0.0433. The van der Waals surface area contributed by atoms with Gasteiger partial charge in [0.25, 0.3) is 0 Å². The van der Waals surface area contributed by atoms with E-state index in [0.29, 0.717) is 5.92 Å². The Kier molecular flexibility index (Phi) is 2.54. The molecule has 0 bridgehead atoms. The maximum atomic E-state index is 10.7. The molecule has 1 heterocycles. The van der Waals surface area contributed by atoms with Crippen LogP contribution in [0.3, 0.4) is 0 Å². The second-order valence-corrected chi connectivity index (χ2v) is 10.8. The SMILES string of the molecule is COC12CC13OCC31C(=CCC3C4CCC(O)C4(C)CCC31)C2(C)C. The molecule has 0 aromatic carbocycles. The standard InChI is InChI=1S/C22H32O3/c1-18(2)16-7-5-13-14-6-8-17(23)19(14,3)10-9-15(13)20(16)12-25-22(20)11-21(18,22)24-4/h7,13-15,17,23H,5-6,8-12H2,1-4H3. The van der Waals surface area contributed by atoms with Crippen molar-refractivity contribution < 1.29 is 14.6 Å². The molecule has 5 aliphatic carbocycles. The largest absolute Gasteiger partial charge is 0.393 e. The third-order valence-electron chi connectivity index (χ3n) is 10.4. The van der Waals surface area contributed by atoms with Crippen molar-refractivity contribution in [3.8, 4) is 0 Å². The average molecular weight is 344 g/mol. The third-order valence-corrected chi connectivity index (χ3v) is 10.4. The molecule has 0 aromatic rings. The fraction of sp³-hybridized carbons (Fsp3) is 0.909. The molecule has 3 nitrogen and oxygen atoms in total. The fourth-order valence-electron chi connectivity index (χ4n) is 9.18. The Labute approximate surface area is 151 Å². The van der Waals surface area contributed by atoms with Crippen molar-refractivity contribution in [2.75, 3.05) is 13.7 Å². The Balaban J connectivity index is 1.48. The normalized spacial score (nSPS) is 62.7. The van der Waals surface area contributed by atoms with Crippen LogP contribution in [-0.2, 0) is 9.47 Å². The molecule has 6 aliphatic rings. The van der Waals surface area contributed by atoms with Crippen LogP contribution >= 0.6 is 0 Å². The Hall–Kier alpha value is -0.380. The first-order chi connectivity index (χ1) is 11.8. The minimum Gasteiger partial charge on any atom is -0.393 e. The molecular formula is C22H32O3. The molecule has 5 fully saturated rings. The summed E-state index contributed by atoms with van der Waals surface area (Å²) in [6, 6.07) is 0. The molecule has 8 unspecified atom stereocenters. The predicted molar refractivity (Wildman–Crippen MR) is 95.0 cm³/mol. The van der Waals surface area contributed by atoms with Crippen LogP contribution in [0.4, 0.5) is 0 Å². The minimum atomic E-state index is -0.102. The van der Waals surface area contributed by atoms with Gasteiger partial charge in [-0.3, -0.25) is 0 Å². The number of ether oxygens (including phenoxy) is 2. The van der Waals surface area contributed by atoms with Gasteiger partial charge in [-0.05, 0) is 55.3 Å². The number of hydrogen-bond donors (Lipinski definition) is 1. The van der Waals surface area contributed by atoms with E-state index in [0.717, 1.165) is 31.3 Å². The van der Waals surface area contributed by atoms with Gasteiger partial charge in [-0.25, -0.2) is 0 Å². The van der Waals surface area contributed by atoms with Gasteiger partial charge in [-0.15, -0.1) is 0 Å². The van der Waals surface area contributed by atoms with Crippen LogP contribution in [0.15, 0.2) is 11.6 Å². The Morgan fingerprint density at radius 3 is 2.64 bits per heavy atom. The average Bonchev–Trinajstić information content (AvgIpc) is 3.22. The van der Waals surface area contributed by atoms with Gasteiger partial charge >= 0.3 is 0 Å². The van der Waals surface area contributed by atoms with Crippen LogP contribution in [0.25, 0.3) is 0 Å². The first-order valence-electron chi connectivity index (χ1n) is 10.4. The van der Waals surface area contributed by atoms with E-state index in [-0.39, 0.29) is 33.6 Å². The van der Waals surface area contributed by atoms with Gasteiger partial charge in [-0.2, -0.15) is 0 Å². The number of fused-ring (bicyclic) bond motifs is 3. The van der Waals surface area contributed by atoms with Gasteiger partial charge in [0.15, 0.2) is 0 Å². The molecule has 138 valence electrons. The highest BCUT2D eigenvalue weighted by Crippen LogP contribution is 2.88. The number of methoxy groups -OCH3 is 1. The van der Waals surface area contributed by atoms with E-state index in [9.17, 15) is 5.11 Å². The summed E-state index contributed by atoms with van der Waals surface area (Å²) in [5, 5.41) is 10.7. The van der Waals surface area contributed by atoms with Crippen LogP contribution < -0.4 is 0 Å². The third kappa shape index (κ3) is 1.23. The second-order valence-electron chi connectivity index (χ2n) is 10.8. The lowest BCUT2D eigenvalue weighted by Crippen LogP contribution is -2.64. The summed E-state index contributed by atoms with van der Waals surface area (Å²) in [5.74, 6) is 2.14. The van der Waals surface area contributed by atoms with Crippen molar-refractivity contribution in [1.29, 1.82) is 0 Å². The summed E-state index contributed by atoms with van der Waals surface area (Å²) in [6.07, 6.45) is 9.44. The van der Waals surface area contributed by atoms with E-state index in [1.54, 1.807) is 5.57 Å². The zero-order valence-electron chi connectivity index (χ0n) is 16.1. The Bertz CT molecular complexity index is 697. The summed E-state index contributed by atoms with van der Waals surface area (Å²) >= 11 is 0. The van der Waals surface area contributed by atoms with Crippen molar-refractivity contribution in [1.82, 2.24) is 0 Å². The lowest BCUT2D eigenvalue weighted by Gasteiger charge is -2.62. The summed E-state index contributed by atoms with van der Waals surface area (Å²) in [4.78, 5) is 0. The molecular weight excluding hydrogens is 312 g/mol. The van der Waals surface area contributed by atoms with Gasteiger partial charge in [0.05, 0.1) is 18.1 Å². The first-order valence-corrected chi connectivity index (χ1v) is 10.4. The van der Waals surface area contributed by atoms with Gasteiger partial charge < -0.3 is 14.6 Å². The van der Waals surface area contributed by atoms with E-state index in [4.69, 9.17) is 9.47 Å². The number of aliphatic hydroxyl groups excluding tert-OH is 1. The fourth-order valence-corrected chi connectivity index (χ4v) is 9.18. The lowest BCUT2D eigenvalue weighted by atomic mass is 9.46. The number of allylic oxidation sites excluding steroid dienone is 1. The molecule has 25 heavy (non-hydrogen) atoms. The highest BCUT2D eigenvalue weighted by Gasteiger charge is 2.95. The molecule has 3 heteroatoms. The van der Waals surface area contributed by atoms with E-state index in [1.807, 2.05) is 7.11 Å². The highest BCUT2D eigenvalue weighted by molar-refractivity contribution is 5.56. The molecule has 1 saturated heterocycles. The van der Waals surface area contributed by atoms with E-state index < -0.39 is 0 Å². The van der Waals surface area contributed by atoms with E-state index in [2.05, 4.69) is 26.8 Å². The highest BCUT2D eigenvalue weighted by atomic mass is 16.6. The molecule has 1 N–H and O–H groups in total. The topological polar surface area (TPSA) is 38.7 Å². The molecule has 2 spiro atoms. The van der Waals surface area contributed by atoms with Crippen molar-refractivity contribution in [3.63, 3.8) is 0 Å². The van der Waals surface area contributed by atoms with Gasteiger partial charge in [0.1, 0.15) is 11.2 Å². The van der Waals surface area contributed by atoms with Gasteiger partial charge in [0.2, 0.25) is 0 Å². The molecule has 4 saturated carbocycles. The smallest absolute Gasteiger partial charge is 0.113 e. The van der Waals surface area contributed by atoms with Crippen LogP contribution in [0.2, 0.25) is 0 Å². The van der Waals surface area contributed by atoms with Gasteiger partial charge in [-0.1, -0.05) is 32.4 Å². The molecule has 0 aromatic heterocycles. The van der Waals surface area contributed by atoms with Crippen molar-refractivity contribution in [3.05, 3.63) is 11.6 Å². The monoisotopic (exact) mass is 344 g/mol. The zero-order chi connectivity index (χ0) is 17.5. The van der Waals surface area contributed by atoms with Crippen LogP contribution in [0.1, 0.15) is 59.3 Å². The van der Waals surface area contributed by atoms with Crippen LogP contribution in [0.5, 0.6) is 0 Å². The van der Waals surface area contributed by atoms with Crippen LogP contribution in [-0.4, -0.2) is 36.1 Å². The molecule has 0 amide bonds. The Morgan fingerprint density at radius 1 is 1.16 bits per heavy atom. The lowest BCUT2D eigenvalue weighted by molar-refractivity contribution is -0.249. The van der Waals surface area contributed by atoms with Crippen LogP contribution in [0, 0.1) is 34.0 Å². The predicted octanol–water partition coefficient (Wildman–Crippen LogP) is 3.70. The number of hydrogen-bond acceptors (Lipinski definition) is 3. The summed E-state index contributed by atoms with van der Waals surface area (Å²) in [7, 11) is 1.90. The maximum absolute atomic E-state index is 10.7. The molecule has 0 radical (unpaired) electrons. The number of rotatable bonds is 1. The Morgan fingerprint density at radius 2 is 1.96 bits per heavy atom. The van der Waals surface area contributed by atoms with E-state index >= 15 is 0 Å². The zero-order valence-corrected chi connectivity index (χ0v) is 16.1. The van der Waals surface area contributed by atoms with Crippen molar-refractivity contribution >= 4 is 0 Å². The molecule has 8 atom stereocenters. The van der Waals surface area contributed by atoms with E-state index in [1.165, 1.54) is 25.7 Å².